The Hall–Kier alpha value is -0.920. The average molecular weight is 455 g/mol. The topological polar surface area (TPSA) is 50.9 Å². The van der Waals surface area contributed by atoms with Gasteiger partial charge in [-0.05, 0) is 40.2 Å². The van der Waals surface area contributed by atoms with E-state index < -0.39 is 0 Å². The Kier molecular flexibility index (Phi) is 5.15. The van der Waals surface area contributed by atoms with E-state index in [1.807, 2.05) is 6.07 Å². The summed E-state index contributed by atoms with van der Waals surface area (Å²) in [5.41, 5.74) is 8.31. The number of hydrogen-bond acceptors (Lipinski definition) is 5. The SMILES string of the molecule is N[C@H]1CC=CC[C@H]1c1sc2c(NCc3cccs3)cc(Cl)nc2c1Br. The molecule has 3 heterocycles. The highest BCUT2D eigenvalue weighted by Crippen LogP contribution is 2.45. The minimum absolute atomic E-state index is 0.146. The molecule has 2 atom stereocenters. The standard InChI is InChI=1S/C18H17BrClN3S2/c19-15-16-18(25-17(15)11-5-1-2-6-12(11)21)13(8-14(20)23-16)22-9-10-4-3-7-24-10/h1-4,7-8,11-12H,5-6,9,21H2,(H,22,23)/t11-,12+/m1/s1. The molecular formula is C18H17BrClN3S2. The summed E-state index contributed by atoms with van der Waals surface area (Å²) in [4.78, 5) is 7.11. The van der Waals surface area contributed by atoms with Gasteiger partial charge in [0.05, 0.1) is 20.4 Å². The first-order valence-electron chi connectivity index (χ1n) is 8.08. The van der Waals surface area contributed by atoms with E-state index in [2.05, 4.69) is 55.9 Å². The predicted octanol–water partition coefficient (Wildman–Crippen LogP) is 6.15. The lowest BCUT2D eigenvalue weighted by atomic mass is 9.88. The number of nitrogens with one attached hydrogen (secondary N) is 1. The number of fused-ring (bicyclic) bond motifs is 1. The van der Waals surface area contributed by atoms with Crippen molar-refractivity contribution in [2.45, 2.75) is 31.3 Å². The summed E-state index contributed by atoms with van der Waals surface area (Å²) < 4.78 is 2.16. The number of nitrogens with zero attached hydrogens (tertiary/aromatic N) is 1. The maximum Gasteiger partial charge on any atom is 0.131 e. The van der Waals surface area contributed by atoms with Crippen LogP contribution in [-0.2, 0) is 6.54 Å². The molecule has 3 nitrogen and oxygen atoms in total. The molecule has 0 amide bonds. The van der Waals surface area contributed by atoms with Gasteiger partial charge in [0.15, 0.2) is 0 Å². The molecule has 0 saturated carbocycles. The Bertz CT molecular complexity index is 920. The van der Waals surface area contributed by atoms with Gasteiger partial charge in [-0.15, -0.1) is 22.7 Å². The Morgan fingerprint density at radius 3 is 2.96 bits per heavy atom. The number of halogens is 2. The van der Waals surface area contributed by atoms with E-state index in [9.17, 15) is 0 Å². The second kappa shape index (κ2) is 7.37. The Morgan fingerprint density at radius 1 is 1.36 bits per heavy atom. The van der Waals surface area contributed by atoms with E-state index in [-0.39, 0.29) is 6.04 Å². The predicted molar refractivity (Wildman–Crippen MR) is 113 cm³/mol. The molecule has 0 bridgehead atoms. The van der Waals surface area contributed by atoms with Crippen LogP contribution in [0.1, 0.15) is 28.5 Å². The van der Waals surface area contributed by atoms with Gasteiger partial charge in [0.1, 0.15) is 5.15 Å². The van der Waals surface area contributed by atoms with Gasteiger partial charge < -0.3 is 11.1 Å². The number of hydrogen-bond donors (Lipinski definition) is 2. The Morgan fingerprint density at radius 2 is 2.20 bits per heavy atom. The van der Waals surface area contributed by atoms with Crippen molar-refractivity contribution in [3.05, 3.63) is 55.1 Å². The lowest BCUT2D eigenvalue weighted by Crippen LogP contribution is -2.29. The summed E-state index contributed by atoms with van der Waals surface area (Å²) in [5.74, 6) is 0.322. The molecule has 0 unspecified atom stereocenters. The highest BCUT2D eigenvalue weighted by atomic mass is 79.9. The first-order valence-corrected chi connectivity index (χ1v) is 11.0. The first-order chi connectivity index (χ1) is 12.1. The summed E-state index contributed by atoms with van der Waals surface area (Å²) in [5, 5.41) is 6.10. The molecular weight excluding hydrogens is 438 g/mol. The van der Waals surface area contributed by atoms with Crippen molar-refractivity contribution in [2.75, 3.05) is 5.32 Å². The van der Waals surface area contributed by atoms with Crippen LogP contribution < -0.4 is 11.1 Å². The minimum Gasteiger partial charge on any atom is -0.379 e. The third kappa shape index (κ3) is 3.51. The highest BCUT2D eigenvalue weighted by molar-refractivity contribution is 9.10. The fourth-order valence-corrected chi connectivity index (χ4v) is 6.23. The van der Waals surface area contributed by atoms with Gasteiger partial charge in [-0.25, -0.2) is 4.98 Å². The zero-order valence-electron chi connectivity index (χ0n) is 13.3. The maximum atomic E-state index is 6.37. The van der Waals surface area contributed by atoms with Gasteiger partial charge in [-0.2, -0.15) is 0 Å². The third-order valence-corrected chi connectivity index (χ3v) is 7.91. The molecule has 1 aliphatic rings. The van der Waals surface area contributed by atoms with E-state index in [1.165, 1.54) is 9.75 Å². The number of nitrogens with two attached hydrogens (primary N) is 1. The summed E-state index contributed by atoms with van der Waals surface area (Å²) in [6.45, 7) is 0.781. The van der Waals surface area contributed by atoms with E-state index in [1.54, 1.807) is 22.7 Å². The van der Waals surface area contributed by atoms with Gasteiger partial charge in [-0.1, -0.05) is 29.8 Å². The van der Waals surface area contributed by atoms with E-state index in [0.717, 1.165) is 39.8 Å². The molecule has 3 aromatic rings. The third-order valence-electron chi connectivity index (χ3n) is 4.43. The van der Waals surface area contributed by atoms with Crippen LogP contribution in [0.5, 0.6) is 0 Å². The number of anilines is 1. The normalized spacial score (nSPS) is 20.3. The van der Waals surface area contributed by atoms with E-state index >= 15 is 0 Å². The second-order valence-corrected chi connectivity index (χ2v) is 9.36. The van der Waals surface area contributed by atoms with E-state index in [4.69, 9.17) is 17.3 Å². The number of pyridine rings is 1. The lowest BCUT2D eigenvalue weighted by molar-refractivity contribution is 0.527. The molecule has 0 spiro atoms. The Labute approximate surface area is 168 Å². The van der Waals surface area contributed by atoms with Crippen molar-refractivity contribution in [3.8, 4) is 0 Å². The van der Waals surface area contributed by atoms with Crippen LogP contribution in [0.15, 0.2) is 40.2 Å². The quantitative estimate of drug-likeness (QED) is 0.367. The molecule has 0 fully saturated rings. The fraction of sp³-hybridized carbons (Fsp3) is 0.278. The summed E-state index contributed by atoms with van der Waals surface area (Å²) in [7, 11) is 0. The number of thiophene rings is 2. The zero-order valence-corrected chi connectivity index (χ0v) is 17.3. The minimum atomic E-state index is 0.146. The van der Waals surface area contributed by atoms with Crippen molar-refractivity contribution in [1.29, 1.82) is 0 Å². The van der Waals surface area contributed by atoms with Crippen LogP contribution >= 0.6 is 50.2 Å². The average Bonchev–Trinajstić information content (AvgIpc) is 3.22. The maximum absolute atomic E-state index is 6.37. The highest BCUT2D eigenvalue weighted by Gasteiger charge is 2.27. The van der Waals surface area contributed by atoms with Gasteiger partial charge in [-0.3, -0.25) is 0 Å². The van der Waals surface area contributed by atoms with Crippen molar-refractivity contribution in [1.82, 2.24) is 4.98 Å². The summed E-state index contributed by atoms with van der Waals surface area (Å²) >= 11 is 13.5. The van der Waals surface area contributed by atoms with Crippen molar-refractivity contribution < 1.29 is 0 Å². The van der Waals surface area contributed by atoms with Gasteiger partial charge >= 0.3 is 0 Å². The van der Waals surface area contributed by atoms with Crippen LogP contribution in [0, 0.1) is 0 Å². The van der Waals surface area contributed by atoms with Gasteiger partial charge in [0.25, 0.3) is 0 Å². The lowest BCUT2D eigenvalue weighted by Gasteiger charge is -2.24. The van der Waals surface area contributed by atoms with Crippen LogP contribution in [0.2, 0.25) is 5.15 Å². The number of rotatable bonds is 4. The summed E-state index contributed by atoms with van der Waals surface area (Å²) in [6, 6.07) is 6.24. The molecule has 3 aromatic heterocycles. The molecule has 0 aliphatic heterocycles. The van der Waals surface area contributed by atoms with Crippen molar-refractivity contribution >= 4 is 66.1 Å². The molecule has 0 aromatic carbocycles. The molecule has 0 radical (unpaired) electrons. The van der Waals surface area contributed by atoms with Crippen LogP contribution in [0.4, 0.5) is 5.69 Å². The number of allylic oxidation sites excluding steroid dienone is 1. The van der Waals surface area contributed by atoms with Crippen LogP contribution in [0.25, 0.3) is 10.2 Å². The number of aromatic nitrogens is 1. The molecule has 4 rings (SSSR count). The van der Waals surface area contributed by atoms with E-state index in [0.29, 0.717) is 11.1 Å². The zero-order chi connectivity index (χ0) is 17.4. The van der Waals surface area contributed by atoms with Crippen LogP contribution in [-0.4, -0.2) is 11.0 Å². The molecule has 7 heteroatoms. The summed E-state index contributed by atoms with van der Waals surface area (Å²) in [6.07, 6.45) is 6.29. The molecule has 3 N–H and O–H groups in total. The largest absolute Gasteiger partial charge is 0.379 e. The van der Waals surface area contributed by atoms with Gasteiger partial charge in [0, 0.05) is 34.3 Å². The van der Waals surface area contributed by atoms with Crippen LogP contribution in [0.3, 0.4) is 0 Å². The van der Waals surface area contributed by atoms with Gasteiger partial charge in [0.2, 0.25) is 0 Å². The Balaban J connectivity index is 1.73. The molecule has 130 valence electrons. The smallest absolute Gasteiger partial charge is 0.131 e. The monoisotopic (exact) mass is 453 g/mol. The molecule has 25 heavy (non-hydrogen) atoms. The fourth-order valence-electron chi connectivity index (χ4n) is 3.13. The first kappa shape index (κ1) is 17.5. The molecule has 0 saturated heterocycles. The molecule has 1 aliphatic carbocycles. The van der Waals surface area contributed by atoms with Crippen molar-refractivity contribution in [3.63, 3.8) is 0 Å². The van der Waals surface area contributed by atoms with Crippen molar-refractivity contribution in [2.24, 2.45) is 5.73 Å². The second-order valence-electron chi connectivity index (χ2n) is 6.10.